The maximum atomic E-state index is 12.8. The minimum absolute atomic E-state index is 0.0466. The molecule has 2 aromatic carbocycles. The smallest absolute Gasteiger partial charge is 0.244 e. The Hall–Kier alpha value is -2.77. The fourth-order valence-electron chi connectivity index (χ4n) is 3.34. The standard InChI is InChI=1S/C21H21Cl2N3O4/c1-25(12-19(27)24-16-6-4-3-5-15(16)23)21(29)13-9-20(28)26(11-13)17-10-14(22)7-8-18(17)30-2/h3-8,10,13H,9,11-12H2,1-2H3,(H,24,27). The number of amides is 3. The van der Waals surface area contributed by atoms with Gasteiger partial charge in [-0.2, -0.15) is 0 Å². The van der Waals surface area contributed by atoms with Crippen LogP contribution in [0.25, 0.3) is 0 Å². The molecule has 1 aliphatic heterocycles. The molecule has 9 heteroatoms. The second-order valence-electron chi connectivity index (χ2n) is 6.94. The van der Waals surface area contributed by atoms with Gasteiger partial charge in [0.05, 0.1) is 36.0 Å². The van der Waals surface area contributed by atoms with Crippen molar-refractivity contribution >= 4 is 52.3 Å². The second kappa shape index (κ2) is 9.36. The lowest BCUT2D eigenvalue weighted by molar-refractivity contribution is -0.137. The summed E-state index contributed by atoms with van der Waals surface area (Å²) in [6.07, 6.45) is 0.0466. The van der Waals surface area contributed by atoms with Gasteiger partial charge in [-0.15, -0.1) is 0 Å². The lowest BCUT2D eigenvalue weighted by Crippen LogP contribution is -2.39. The molecule has 30 heavy (non-hydrogen) atoms. The van der Waals surface area contributed by atoms with Crippen LogP contribution in [0.15, 0.2) is 42.5 Å². The van der Waals surface area contributed by atoms with Crippen LogP contribution in [0.1, 0.15) is 6.42 Å². The summed E-state index contributed by atoms with van der Waals surface area (Å²) in [5, 5.41) is 3.55. The first-order valence-corrected chi connectivity index (χ1v) is 9.99. The fourth-order valence-corrected chi connectivity index (χ4v) is 3.69. The first kappa shape index (κ1) is 21.9. The summed E-state index contributed by atoms with van der Waals surface area (Å²) < 4.78 is 5.31. The third-order valence-corrected chi connectivity index (χ3v) is 5.38. The molecule has 158 valence electrons. The molecule has 3 rings (SSSR count). The van der Waals surface area contributed by atoms with Crippen molar-refractivity contribution in [1.29, 1.82) is 0 Å². The Morgan fingerprint density at radius 2 is 1.97 bits per heavy atom. The van der Waals surface area contributed by atoms with Crippen molar-refractivity contribution in [2.45, 2.75) is 6.42 Å². The van der Waals surface area contributed by atoms with Gasteiger partial charge in [0.1, 0.15) is 5.75 Å². The first-order chi connectivity index (χ1) is 14.3. The van der Waals surface area contributed by atoms with Crippen LogP contribution in [0.2, 0.25) is 10.0 Å². The van der Waals surface area contributed by atoms with Gasteiger partial charge < -0.3 is 19.9 Å². The van der Waals surface area contributed by atoms with E-state index in [0.29, 0.717) is 27.2 Å². The average Bonchev–Trinajstić information content (AvgIpc) is 3.10. The minimum atomic E-state index is -0.570. The Morgan fingerprint density at radius 3 is 2.67 bits per heavy atom. The topological polar surface area (TPSA) is 79.0 Å². The van der Waals surface area contributed by atoms with Crippen molar-refractivity contribution in [3.05, 3.63) is 52.5 Å². The third kappa shape index (κ3) is 4.86. The second-order valence-corrected chi connectivity index (χ2v) is 7.79. The summed E-state index contributed by atoms with van der Waals surface area (Å²) in [7, 11) is 3.03. The highest BCUT2D eigenvalue weighted by atomic mass is 35.5. The summed E-state index contributed by atoms with van der Waals surface area (Å²) in [5.41, 5.74) is 0.990. The molecule has 1 unspecified atom stereocenters. The van der Waals surface area contributed by atoms with E-state index in [1.54, 1.807) is 42.5 Å². The van der Waals surface area contributed by atoms with E-state index in [0.717, 1.165) is 0 Å². The van der Waals surface area contributed by atoms with Crippen molar-refractivity contribution in [3.63, 3.8) is 0 Å². The average molecular weight is 450 g/mol. The Morgan fingerprint density at radius 1 is 1.23 bits per heavy atom. The predicted octanol–water partition coefficient (Wildman–Crippen LogP) is 3.45. The lowest BCUT2D eigenvalue weighted by atomic mass is 10.1. The van der Waals surface area contributed by atoms with E-state index < -0.39 is 5.92 Å². The van der Waals surface area contributed by atoms with Crippen LogP contribution in [0.5, 0.6) is 5.75 Å². The number of likely N-dealkylation sites (N-methyl/N-ethyl adjacent to an activating group) is 1. The van der Waals surface area contributed by atoms with Crippen LogP contribution in [-0.4, -0.2) is 49.9 Å². The molecule has 1 fully saturated rings. The molecule has 1 heterocycles. The number of rotatable bonds is 6. The zero-order chi connectivity index (χ0) is 21.8. The molecule has 3 amide bonds. The maximum Gasteiger partial charge on any atom is 0.244 e. The zero-order valence-electron chi connectivity index (χ0n) is 16.5. The third-order valence-electron chi connectivity index (χ3n) is 4.81. The van der Waals surface area contributed by atoms with E-state index >= 15 is 0 Å². The summed E-state index contributed by atoms with van der Waals surface area (Å²) in [6.45, 7) is 0.0279. The molecule has 0 radical (unpaired) electrons. The van der Waals surface area contributed by atoms with Crippen molar-refractivity contribution in [2.24, 2.45) is 5.92 Å². The molecular weight excluding hydrogens is 429 g/mol. The van der Waals surface area contributed by atoms with E-state index in [9.17, 15) is 14.4 Å². The van der Waals surface area contributed by atoms with Crippen LogP contribution in [0.3, 0.4) is 0 Å². The molecule has 2 aromatic rings. The van der Waals surface area contributed by atoms with E-state index in [1.165, 1.54) is 24.0 Å². The number of benzene rings is 2. The number of nitrogens with one attached hydrogen (secondary N) is 1. The number of carbonyl (C=O) groups is 3. The number of para-hydroxylation sites is 1. The van der Waals surface area contributed by atoms with Crippen LogP contribution < -0.4 is 15.0 Å². The van der Waals surface area contributed by atoms with Crippen LogP contribution in [0, 0.1) is 5.92 Å². The molecule has 0 aliphatic carbocycles. The zero-order valence-corrected chi connectivity index (χ0v) is 18.0. The van der Waals surface area contributed by atoms with Gasteiger partial charge in [-0.05, 0) is 30.3 Å². The number of ether oxygens (including phenoxy) is 1. The lowest BCUT2D eigenvalue weighted by Gasteiger charge is -2.22. The number of nitrogens with zero attached hydrogens (tertiary/aromatic N) is 2. The normalized spacial score (nSPS) is 15.8. The van der Waals surface area contributed by atoms with E-state index in [1.807, 2.05) is 0 Å². The minimum Gasteiger partial charge on any atom is -0.495 e. The summed E-state index contributed by atoms with van der Waals surface area (Å²) in [6, 6.07) is 11.8. The molecule has 0 bridgehead atoms. The van der Waals surface area contributed by atoms with E-state index in [4.69, 9.17) is 27.9 Å². The van der Waals surface area contributed by atoms with Gasteiger partial charge in [0.2, 0.25) is 17.7 Å². The molecule has 1 saturated heterocycles. The Kier molecular flexibility index (Phi) is 6.84. The Bertz CT molecular complexity index is 982. The van der Waals surface area contributed by atoms with Gasteiger partial charge in [-0.25, -0.2) is 0 Å². The molecule has 1 atom stereocenters. The van der Waals surface area contributed by atoms with Gasteiger partial charge in [-0.1, -0.05) is 35.3 Å². The predicted molar refractivity (Wildman–Crippen MR) is 116 cm³/mol. The summed E-state index contributed by atoms with van der Waals surface area (Å²) >= 11 is 12.1. The van der Waals surface area contributed by atoms with Crippen molar-refractivity contribution in [3.8, 4) is 5.75 Å². The van der Waals surface area contributed by atoms with Crippen molar-refractivity contribution in [1.82, 2.24) is 4.90 Å². The summed E-state index contributed by atoms with van der Waals surface area (Å²) in [4.78, 5) is 40.5. The molecule has 0 saturated carbocycles. The van der Waals surface area contributed by atoms with Gasteiger partial charge in [0, 0.05) is 25.0 Å². The van der Waals surface area contributed by atoms with E-state index in [2.05, 4.69) is 5.32 Å². The highest BCUT2D eigenvalue weighted by Crippen LogP contribution is 2.35. The number of carbonyl (C=O) groups excluding carboxylic acids is 3. The molecular formula is C21H21Cl2N3O4. The molecule has 1 aliphatic rings. The van der Waals surface area contributed by atoms with Gasteiger partial charge in [-0.3, -0.25) is 14.4 Å². The van der Waals surface area contributed by atoms with Gasteiger partial charge in [0.15, 0.2) is 0 Å². The van der Waals surface area contributed by atoms with Crippen LogP contribution in [0.4, 0.5) is 11.4 Å². The Labute approximate surface area is 184 Å². The Balaban J connectivity index is 1.64. The molecule has 0 spiro atoms. The van der Waals surface area contributed by atoms with Gasteiger partial charge in [0.25, 0.3) is 0 Å². The SMILES string of the molecule is COc1ccc(Cl)cc1N1CC(C(=O)N(C)CC(=O)Nc2ccccc2Cl)CC1=O. The molecule has 1 N–H and O–H groups in total. The number of hydrogen-bond acceptors (Lipinski definition) is 4. The number of methoxy groups -OCH3 is 1. The van der Waals surface area contributed by atoms with Gasteiger partial charge >= 0.3 is 0 Å². The van der Waals surface area contributed by atoms with Crippen molar-refractivity contribution in [2.75, 3.05) is 37.5 Å². The first-order valence-electron chi connectivity index (χ1n) is 9.23. The van der Waals surface area contributed by atoms with E-state index in [-0.39, 0.29) is 37.2 Å². The molecule has 0 aromatic heterocycles. The van der Waals surface area contributed by atoms with Crippen LogP contribution in [-0.2, 0) is 14.4 Å². The highest BCUT2D eigenvalue weighted by molar-refractivity contribution is 6.33. The van der Waals surface area contributed by atoms with Crippen molar-refractivity contribution < 1.29 is 19.1 Å². The number of halogens is 2. The largest absolute Gasteiger partial charge is 0.495 e. The monoisotopic (exact) mass is 449 g/mol. The molecule has 7 nitrogen and oxygen atoms in total. The maximum absolute atomic E-state index is 12.8. The van der Waals surface area contributed by atoms with Crippen LogP contribution >= 0.6 is 23.2 Å². The fraction of sp³-hybridized carbons (Fsp3) is 0.286. The number of anilines is 2. The quantitative estimate of drug-likeness (QED) is 0.732. The summed E-state index contributed by atoms with van der Waals surface area (Å²) in [5.74, 6) is -0.951. The highest BCUT2D eigenvalue weighted by Gasteiger charge is 2.37. The number of hydrogen-bond donors (Lipinski definition) is 1.